The number of pyridine rings is 1. The minimum atomic E-state index is 0.524. The summed E-state index contributed by atoms with van der Waals surface area (Å²) in [7, 11) is 0. The zero-order chi connectivity index (χ0) is 11.7. The van der Waals surface area contributed by atoms with E-state index in [0.29, 0.717) is 5.15 Å². The average Bonchev–Trinajstić information content (AvgIpc) is 2.38. The second-order valence-electron chi connectivity index (χ2n) is 3.87. The molecule has 0 amide bonds. The van der Waals surface area contributed by atoms with Gasteiger partial charge in [0, 0.05) is 5.56 Å². The van der Waals surface area contributed by atoms with Gasteiger partial charge in [0.2, 0.25) is 0 Å². The van der Waals surface area contributed by atoms with Gasteiger partial charge in [0.25, 0.3) is 0 Å². The minimum absolute atomic E-state index is 0.524. The molecule has 0 aliphatic heterocycles. The van der Waals surface area contributed by atoms with Gasteiger partial charge >= 0.3 is 0 Å². The van der Waals surface area contributed by atoms with Crippen LogP contribution in [0.4, 0.5) is 0 Å². The Hall–Kier alpha value is -1.86. The summed E-state index contributed by atoms with van der Waals surface area (Å²) in [5.41, 5.74) is 2.03. The Kier molecular flexibility index (Phi) is 2.54. The number of benzene rings is 2. The Labute approximate surface area is 105 Å². The van der Waals surface area contributed by atoms with E-state index in [1.54, 1.807) is 6.07 Å². The van der Waals surface area contributed by atoms with Crippen LogP contribution in [0.15, 0.2) is 60.7 Å². The molecule has 0 fully saturated rings. The van der Waals surface area contributed by atoms with Crippen LogP contribution in [-0.2, 0) is 0 Å². The van der Waals surface area contributed by atoms with E-state index in [4.69, 9.17) is 11.6 Å². The normalized spacial score (nSPS) is 10.6. The Morgan fingerprint density at radius 2 is 1.53 bits per heavy atom. The van der Waals surface area contributed by atoms with E-state index < -0.39 is 0 Å². The van der Waals surface area contributed by atoms with Crippen LogP contribution in [0.3, 0.4) is 0 Å². The molecular weight excluding hydrogens is 230 g/mol. The van der Waals surface area contributed by atoms with Gasteiger partial charge < -0.3 is 0 Å². The van der Waals surface area contributed by atoms with Crippen molar-refractivity contribution in [1.29, 1.82) is 0 Å². The van der Waals surface area contributed by atoms with Gasteiger partial charge in [-0.15, -0.1) is 0 Å². The van der Waals surface area contributed by atoms with Crippen molar-refractivity contribution in [2.75, 3.05) is 0 Å². The predicted molar refractivity (Wildman–Crippen MR) is 72.2 cm³/mol. The fourth-order valence-electron chi connectivity index (χ4n) is 2.01. The monoisotopic (exact) mass is 239 g/mol. The van der Waals surface area contributed by atoms with Crippen molar-refractivity contribution in [3.8, 4) is 11.3 Å². The molecule has 3 aromatic rings. The average molecular weight is 240 g/mol. The summed E-state index contributed by atoms with van der Waals surface area (Å²) < 4.78 is 0. The van der Waals surface area contributed by atoms with Crippen LogP contribution < -0.4 is 0 Å². The van der Waals surface area contributed by atoms with Crippen molar-refractivity contribution >= 4 is 22.4 Å². The zero-order valence-corrected chi connectivity index (χ0v) is 9.85. The van der Waals surface area contributed by atoms with E-state index in [1.807, 2.05) is 30.3 Å². The van der Waals surface area contributed by atoms with E-state index in [-0.39, 0.29) is 0 Å². The number of rotatable bonds is 1. The lowest BCUT2D eigenvalue weighted by molar-refractivity contribution is 1.33. The van der Waals surface area contributed by atoms with Crippen LogP contribution in [-0.4, -0.2) is 4.98 Å². The first-order valence-electron chi connectivity index (χ1n) is 5.45. The molecule has 3 rings (SSSR count). The second-order valence-corrected chi connectivity index (χ2v) is 4.26. The van der Waals surface area contributed by atoms with Gasteiger partial charge in [-0.25, -0.2) is 4.98 Å². The number of aromatic nitrogens is 1. The van der Waals surface area contributed by atoms with E-state index in [1.165, 1.54) is 10.8 Å². The highest BCUT2D eigenvalue weighted by Crippen LogP contribution is 2.27. The maximum atomic E-state index is 5.93. The lowest BCUT2D eigenvalue weighted by Crippen LogP contribution is -1.85. The molecule has 17 heavy (non-hydrogen) atoms. The Morgan fingerprint density at radius 1 is 0.765 bits per heavy atom. The fourth-order valence-corrected chi connectivity index (χ4v) is 2.17. The van der Waals surface area contributed by atoms with Gasteiger partial charge in [-0.1, -0.05) is 60.1 Å². The lowest BCUT2D eigenvalue weighted by atomic mass is 10.0. The van der Waals surface area contributed by atoms with Crippen LogP contribution in [0.25, 0.3) is 22.0 Å². The van der Waals surface area contributed by atoms with Crippen molar-refractivity contribution in [3.05, 3.63) is 65.8 Å². The molecule has 1 heterocycles. The summed E-state index contributed by atoms with van der Waals surface area (Å²) in [4.78, 5) is 4.36. The Morgan fingerprint density at radius 3 is 2.41 bits per heavy atom. The van der Waals surface area contributed by atoms with Crippen molar-refractivity contribution in [1.82, 2.24) is 4.98 Å². The van der Waals surface area contributed by atoms with Crippen molar-refractivity contribution in [3.63, 3.8) is 0 Å². The highest BCUT2D eigenvalue weighted by molar-refractivity contribution is 6.29. The third-order valence-electron chi connectivity index (χ3n) is 2.78. The maximum Gasteiger partial charge on any atom is 0.129 e. The third-order valence-corrected chi connectivity index (χ3v) is 2.99. The predicted octanol–water partition coefficient (Wildman–Crippen LogP) is 4.56. The quantitative estimate of drug-likeness (QED) is 0.568. The first kappa shape index (κ1) is 10.3. The highest BCUT2D eigenvalue weighted by atomic mass is 35.5. The van der Waals surface area contributed by atoms with E-state index in [2.05, 4.69) is 29.2 Å². The standard InChI is InChI=1S/C15H10ClN/c16-15-10-4-9-14(17-15)13-8-3-6-11-5-1-2-7-12(11)13/h1-10H. The van der Waals surface area contributed by atoms with Crippen molar-refractivity contribution in [2.45, 2.75) is 0 Å². The summed E-state index contributed by atoms with van der Waals surface area (Å²) in [6, 6.07) is 20.2. The number of fused-ring (bicyclic) bond motifs is 1. The van der Waals surface area contributed by atoms with Crippen molar-refractivity contribution < 1.29 is 0 Å². The number of hydrogen-bond donors (Lipinski definition) is 0. The van der Waals surface area contributed by atoms with Gasteiger partial charge in [-0.3, -0.25) is 0 Å². The molecule has 1 nitrogen and oxygen atoms in total. The summed E-state index contributed by atoms with van der Waals surface area (Å²) in [5, 5.41) is 2.94. The molecule has 0 atom stereocenters. The SMILES string of the molecule is Clc1cccc(-c2cccc3ccccc23)n1. The summed E-state index contributed by atoms with van der Waals surface area (Å²) in [5.74, 6) is 0. The lowest BCUT2D eigenvalue weighted by Gasteiger charge is -2.05. The Balaban J connectivity index is 2.30. The largest absolute Gasteiger partial charge is 0.236 e. The number of nitrogens with zero attached hydrogens (tertiary/aromatic N) is 1. The maximum absolute atomic E-state index is 5.93. The van der Waals surface area contributed by atoms with Crippen LogP contribution in [0.1, 0.15) is 0 Å². The highest BCUT2D eigenvalue weighted by Gasteiger charge is 2.04. The Bertz CT molecular complexity index is 671. The molecule has 2 heteroatoms. The van der Waals surface area contributed by atoms with Gasteiger partial charge in [0.05, 0.1) is 5.69 Å². The third kappa shape index (κ3) is 1.90. The zero-order valence-electron chi connectivity index (χ0n) is 9.10. The summed E-state index contributed by atoms with van der Waals surface area (Å²) in [6.45, 7) is 0. The topological polar surface area (TPSA) is 12.9 Å². The van der Waals surface area contributed by atoms with E-state index in [0.717, 1.165) is 11.3 Å². The van der Waals surface area contributed by atoms with Crippen LogP contribution in [0, 0.1) is 0 Å². The first-order valence-corrected chi connectivity index (χ1v) is 5.83. The van der Waals surface area contributed by atoms with Crippen LogP contribution in [0.5, 0.6) is 0 Å². The summed E-state index contributed by atoms with van der Waals surface area (Å²) in [6.07, 6.45) is 0. The van der Waals surface area contributed by atoms with Crippen molar-refractivity contribution in [2.24, 2.45) is 0 Å². The first-order chi connectivity index (χ1) is 8.34. The molecule has 0 saturated carbocycles. The molecule has 0 saturated heterocycles. The molecule has 0 spiro atoms. The smallest absolute Gasteiger partial charge is 0.129 e. The fraction of sp³-hybridized carbons (Fsp3) is 0. The molecule has 0 aliphatic rings. The van der Waals surface area contributed by atoms with E-state index >= 15 is 0 Å². The minimum Gasteiger partial charge on any atom is -0.236 e. The van der Waals surface area contributed by atoms with Gasteiger partial charge in [-0.05, 0) is 22.9 Å². The molecule has 0 radical (unpaired) electrons. The molecule has 0 unspecified atom stereocenters. The van der Waals surface area contributed by atoms with Gasteiger partial charge in [0.15, 0.2) is 0 Å². The molecule has 0 aliphatic carbocycles. The molecule has 0 N–H and O–H groups in total. The van der Waals surface area contributed by atoms with Gasteiger partial charge in [0.1, 0.15) is 5.15 Å². The molecular formula is C15H10ClN. The molecule has 1 aromatic heterocycles. The van der Waals surface area contributed by atoms with Gasteiger partial charge in [-0.2, -0.15) is 0 Å². The summed E-state index contributed by atoms with van der Waals surface area (Å²) >= 11 is 5.93. The molecule has 82 valence electrons. The molecule has 2 aromatic carbocycles. The molecule has 0 bridgehead atoms. The number of halogens is 1. The van der Waals surface area contributed by atoms with E-state index in [9.17, 15) is 0 Å². The second kappa shape index (κ2) is 4.19. The van der Waals surface area contributed by atoms with Crippen LogP contribution >= 0.6 is 11.6 Å². The van der Waals surface area contributed by atoms with Crippen LogP contribution in [0.2, 0.25) is 5.15 Å². The number of hydrogen-bond acceptors (Lipinski definition) is 1.